The van der Waals surface area contributed by atoms with Gasteiger partial charge in [-0.15, -0.1) is 0 Å². The minimum absolute atomic E-state index is 0.0683. The lowest BCUT2D eigenvalue weighted by molar-refractivity contribution is 0.0584. The fourth-order valence-corrected chi connectivity index (χ4v) is 4.51. The van der Waals surface area contributed by atoms with Crippen molar-refractivity contribution in [2.45, 2.75) is 44.3 Å². The van der Waals surface area contributed by atoms with E-state index >= 15 is 0 Å². The highest BCUT2D eigenvalue weighted by Gasteiger charge is 2.32. The zero-order valence-corrected chi connectivity index (χ0v) is 19.4. The van der Waals surface area contributed by atoms with E-state index in [2.05, 4.69) is 5.32 Å². The summed E-state index contributed by atoms with van der Waals surface area (Å²) in [7, 11) is 1.60. The molecule has 6 heteroatoms. The maximum absolute atomic E-state index is 13.7. The summed E-state index contributed by atoms with van der Waals surface area (Å²) in [5, 5.41) is 3.02. The van der Waals surface area contributed by atoms with Crippen LogP contribution in [-0.4, -0.2) is 35.9 Å². The van der Waals surface area contributed by atoms with Gasteiger partial charge in [0.1, 0.15) is 5.75 Å². The summed E-state index contributed by atoms with van der Waals surface area (Å²) in [5.41, 5.74) is 9.23. The van der Waals surface area contributed by atoms with Crippen molar-refractivity contribution in [3.8, 4) is 5.75 Å². The second-order valence-electron chi connectivity index (χ2n) is 8.65. The average molecular weight is 458 g/mol. The highest BCUT2D eigenvalue weighted by atomic mass is 16.5. The smallest absolute Gasteiger partial charge is 0.255 e. The molecule has 0 saturated heterocycles. The first kappa shape index (κ1) is 23.5. The number of nitrogens with one attached hydrogen (secondary N) is 1. The first-order chi connectivity index (χ1) is 16.6. The third kappa shape index (κ3) is 5.46. The van der Waals surface area contributed by atoms with Crippen LogP contribution in [-0.2, 0) is 6.54 Å². The summed E-state index contributed by atoms with van der Waals surface area (Å²) in [6.45, 7) is 0.356. The predicted octanol–water partition coefficient (Wildman–Crippen LogP) is 4.86. The molecule has 1 saturated carbocycles. The minimum Gasteiger partial charge on any atom is -0.497 e. The molecule has 0 aliphatic heterocycles. The van der Waals surface area contributed by atoms with Gasteiger partial charge in [0.2, 0.25) is 0 Å². The summed E-state index contributed by atoms with van der Waals surface area (Å²) in [4.78, 5) is 28.4. The molecule has 34 heavy (non-hydrogen) atoms. The summed E-state index contributed by atoms with van der Waals surface area (Å²) in [6.07, 6.45) is 3.87. The number of para-hydroxylation sites is 1. The number of hydrogen-bond acceptors (Lipinski definition) is 4. The van der Waals surface area contributed by atoms with Crippen LogP contribution < -0.4 is 15.8 Å². The molecule has 176 valence electrons. The van der Waals surface area contributed by atoms with Crippen LogP contribution in [0, 0.1) is 0 Å². The van der Waals surface area contributed by atoms with Crippen LogP contribution in [0.2, 0.25) is 0 Å². The molecule has 0 radical (unpaired) electrons. The molecule has 0 heterocycles. The third-order valence-electron chi connectivity index (χ3n) is 6.42. The zero-order chi connectivity index (χ0) is 23.9. The van der Waals surface area contributed by atoms with Crippen LogP contribution in [0.5, 0.6) is 5.75 Å². The van der Waals surface area contributed by atoms with E-state index in [4.69, 9.17) is 10.5 Å². The van der Waals surface area contributed by atoms with Crippen LogP contribution in [0.4, 0.5) is 5.69 Å². The van der Waals surface area contributed by atoms with Crippen LogP contribution in [0.25, 0.3) is 0 Å². The lowest BCUT2D eigenvalue weighted by Gasteiger charge is -2.39. The normalized spacial score (nSPS) is 17.6. The molecule has 2 unspecified atom stereocenters. The van der Waals surface area contributed by atoms with Gasteiger partial charge in [0.15, 0.2) is 0 Å². The number of ether oxygens (including phenoxy) is 1. The Balaban J connectivity index is 1.62. The van der Waals surface area contributed by atoms with Crippen molar-refractivity contribution < 1.29 is 14.3 Å². The molecule has 1 aliphatic carbocycles. The fourth-order valence-electron chi connectivity index (χ4n) is 4.51. The molecule has 3 N–H and O–H groups in total. The monoisotopic (exact) mass is 457 g/mol. The standard InChI is InChI=1S/C28H31N3O3/c1-34-23-17-15-21(16-18-23)28(33)31(26-14-8-6-12-24(26)29)19-22-11-5-7-13-25(22)30-27(32)20-9-3-2-4-10-20/h2-5,7,9-11,13,15-18,24,26H,6,8,12,14,19,29H2,1H3,(H,30,32). The van der Waals surface area contributed by atoms with Crippen molar-refractivity contribution in [3.63, 3.8) is 0 Å². The molecule has 1 fully saturated rings. The van der Waals surface area contributed by atoms with Crippen molar-refractivity contribution in [2.24, 2.45) is 5.73 Å². The maximum atomic E-state index is 13.7. The number of hydrogen-bond donors (Lipinski definition) is 2. The van der Waals surface area contributed by atoms with Crippen molar-refractivity contribution in [1.82, 2.24) is 4.90 Å². The Morgan fingerprint density at radius 2 is 1.59 bits per heavy atom. The molecule has 3 aromatic rings. The van der Waals surface area contributed by atoms with E-state index in [1.54, 1.807) is 43.5 Å². The van der Waals surface area contributed by atoms with Gasteiger partial charge in [0, 0.05) is 35.4 Å². The number of nitrogens with two attached hydrogens (primary N) is 1. The molecule has 2 amide bonds. The second kappa shape index (κ2) is 11.0. The largest absolute Gasteiger partial charge is 0.497 e. The Hall–Kier alpha value is -3.64. The number of anilines is 1. The van der Waals surface area contributed by atoms with Gasteiger partial charge < -0.3 is 20.7 Å². The van der Waals surface area contributed by atoms with E-state index in [1.165, 1.54) is 0 Å². The molecule has 4 rings (SSSR count). The topological polar surface area (TPSA) is 84.7 Å². The molecular weight excluding hydrogens is 426 g/mol. The molecule has 0 bridgehead atoms. The fraction of sp³-hybridized carbons (Fsp3) is 0.286. The van der Waals surface area contributed by atoms with Gasteiger partial charge in [0.25, 0.3) is 11.8 Å². The van der Waals surface area contributed by atoms with E-state index in [0.29, 0.717) is 29.1 Å². The second-order valence-corrected chi connectivity index (χ2v) is 8.65. The molecule has 1 aliphatic rings. The van der Waals surface area contributed by atoms with Crippen molar-refractivity contribution in [2.75, 3.05) is 12.4 Å². The first-order valence-corrected chi connectivity index (χ1v) is 11.7. The van der Waals surface area contributed by atoms with Gasteiger partial charge in [-0.05, 0) is 60.9 Å². The molecular formula is C28H31N3O3. The van der Waals surface area contributed by atoms with Gasteiger partial charge in [-0.1, -0.05) is 49.2 Å². The quantitative estimate of drug-likeness (QED) is 0.531. The van der Waals surface area contributed by atoms with Crippen LogP contribution in [0.1, 0.15) is 52.0 Å². The van der Waals surface area contributed by atoms with Crippen molar-refractivity contribution >= 4 is 17.5 Å². The molecule has 2 atom stereocenters. The van der Waals surface area contributed by atoms with Crippen molar-refractivity contribution in [3.05, 3.63) is 95.6 Å². The third-order valence-corrected chi connectivity index (χ3v) is 6.42. The van der Waals surface area contributed by atoms with E-state index in [9.17, 15) is 9.59 Å². The summed E-state index contributed by atoms with van der Waals surface area (Å²) < 4.78 is 5.24. The number of rotatable bonds is 7. The van der Waals surface area contributed by atoms with Crippen LogP contribution >= 0.6 is 0 Å². The lowest BCUT2D eigenvalue weighted by Crippen LogP contribution is -2.51. The Kier molecular flexibility index (Phi) is 7.60. The van der Waals surface area contributed by atoms with Gasteiger partial charge in [-0.25, -0.2) is 0 Å². The predicted molar refractivity (Wildman–Crippen MR) is 134 cm³/mol. The summed E-state index contributed by atoms with van der Waals surface area (Å²) in [6, 6.07) is 23.7. The highest BCUT2D eigenvalue weighted by Crippen LogP contribution is 2.28. The van der Waals surface area contributed by atoms with Gasteiger partial charge in [-0.2, -0.15) is 0 Å². The van der Waals surface area contributed by atoms with Gasteiger partial charge in [-0.3, -0.25) is 9.59 Å². The van der Waals surface area contributed by atoms with Crippen LogP contribution in [0.3, 0.4) is 0 Å². The number of carbonyl (C=O) groups excluding carboxylic acids is 2. The Labute approximate surface area is 200 Å². The zero-order valence-electron chi connectivity index (χ0n) is 19.4. The lowest BCUT2D eigenvalue weighted by atomic mass is 9.89. The summed E-state index contributed by atoms with van der Waals surface area (Å²) in [5.74, 6) is 0.441. The summed E-state index contributed by atoms with van der Waals surface area (Å²) >= 11 is 0. The minimum atomic E-state index is -0.185. The SMILES string of the molecule is COc1ccc(C(=O)N(Cc2ccccc2NC(=O)c2ccccc2)C2CCCCC2N)cc1. The molecule has 0 spiro atoms. The number of benzene rings is 3. The highest BCUT2D eigenvalue weighted by molar-refractivity contribution is 6.04. The first-order valence-electron chi connectivity index (χ1n) is 11.7. The van der Waals surface area contributed by atoms with E-state index in [-0.39, 0.29) is 23.9 Å². The molecule has 3 aromatic carbocycles. The van der Waals surface area contributed by atoms with E-state index in [0.717, 1.165) is 31.2 Å². The Morgan fingerprint density at radius 1 is 0.912 bits per heavy atom. The number of amides is 2. The van der Waals surface area contributed by atoms with E-state index < -0.39 is 0 Å². The van der Waals surface area contributed by atoms with Gasteiger partial charge >= 0.3 is 0 Å². The Bertz CT molecular complexity index is 1120. The average Bonchev–Trinajstić information content (AvgIpc) is 2.89. The van der Waals surface area contributed by atoms with Crippen molar-refractivity contribution in [1.29, 1.82) is 0 Å². The Morgan fingerprint density at radius 3 is 2.29 bits per heavy atom. The molecule has 0 aromatic heterocycles. The van der Waals surface area contributed by atoms with E-state index in [1.807, 2.05) is 47.4 Å². The van der Waals surface area contributed by atoms with Gasteiger partial charge in [0.05, 0.1) is 7.11 Å². The number of carbonyl (C=O) groups is 2. The number of nitrogens with zero attached hydrogens (tertiary/aromatic N) is 1. The molecule has 6 nitrogen and oxygen atoms in total. The maximum Gasteiger partial charge on any atom is 0.255 e. The van der Waals surface area contributed by atoms with Crippen LogP contribution in [0.15, 0.2) is 78.9 Å². The number of methoxy groups -OCH3 is 1.